The molecular formula is C27H40N2O3. The Morgan fingerprint density at radius 2 is 1.81 bits per heavy atom. The Bertz CT molecular complexity index is 806. The summed E-state index contributed by atoms with van der Waals surface area (Å²) in [5, 5.41) is 14.8. The van der Waals surface area contributed by atoms with Crippen molar-refractivity contribution in [2.75, 3.05) is 13.1 Å². The van der Waals surface area contributed by atoms with Crippen molar-refractivity contribution in [3.8, 4) is 0 Å². The number of benzene rings is 1. The van der Waals surface area contributed by atoms with E-state index in [9.17, 15) is 14.7 Å². The van der Waals surface area contributed by atoms with Crippen LogP contribution in [0.1, 0.15) is 64.9 Å². The molecular weight excluding hydrogens is 400 g/mol. The summed E-state index contributed by atoms with van der Waals surface area (Å²) in [6.45, 7) is 8.23. The molecule has 1 aromatic rings. The minimum absolute atomic E-state index is 0.00222. The van der Waals surface area contributed by atoms with E-state index in [2.05, 4.69) is 19.2 Å². The van der Waals surface area contributed by atoms with Gasteiger partial charge in [-0.3, -0.25) is 9.59 Å². The Labute approximate surface area is 193 Å². The molecule has 2 N–H and O–H groups in total. The van der Waals surface area contributed by atoms with Gasteiger partial charge in [0.05, 0.1) is 12.5 Å². The maximum Gasteiger partial charge on any atom is 0.225 e. The average Bonchev–Trinajstić information content (AvgIpc) is 3.31. The summed E-state index contributed by atoms with van der Waals surface area (Å²) < 4.78 is 0. The first kappa shape index (κ1) is 23.3. The second-order valence-electron chi connectivity index (χ2n) is 10.9. The summed E-state index contributed by atoms with van der Waals surface area (Å²) in [4.78, 5) is 27.8. The maximum absolute atomic E-state index is 13.1. The third-order valence-corrected chi connectivity index (χ3v) is 8.89. The first-order chi connectivity index (χ1) is 15.3. The summed E-state index contributed by atoms with van der Waals surface area (Å²) >= 11 is 0. The van der Waals surface area contributed by atoms with Gasteiger partial charge in [0.25, 0.3) is 0 Å². The van der Waals surface area contributed by atoms with Gasteiger partial charge < -0.3 is 15.3 Å². The number of aliphatic hydroxyl groups excluding tert-OH is 1. The molecule has 3 aliphatic rings. The Hall–Kier alpha value is -1.88. The summed E-state index contributed by atoms with van der Waals surface area (Å²) in [5.74, 6) is 0.406. The second-order valence-corrected chi connectivity index (χ2v) is 10.9. The Morgan fingerprint density at radius 3 is 2.50 bits per heavy atom. The molecule has 5 heteroatoms. The van der Waals surface area contributed by atoms with Crippen LogP contribution < -0.4 is 5.32 Å². The van der Waals surface area contributed by atoms with Crippen LogP contribution in [-0.2, 0) is 16.0 Å². The fourth-order valence-corrected chi connectivity index (χ4v) is 6.95. The zero-order chi connectivity index (χ0) is 22.9. The Balaban J connectivity index is 1.43. The molecule has 0 aromatic heterocycles. The van der Waals surface area contributed by atoms with Crippen molar-refractivity contribution >= 4 is 11.8 Å². The van der Waals surface area contributed by atoms with Crippen LogP contribution in [0.2, 0.25) is 0 Å². The molecule has 1 aliphatic heterocycles. The van der Waals surface area contributed by atoms with E-state index in [1.165, 1.54) is 0 Å². The van der Waals surface area contributed by atoms with Crippen molar-refractivity contribution in [1.29, 1.82) is 0 Å². The number of carbonyl (C=O) groups excluding carboxylic acids is 2. The van der Waals surface area contributed by atoms with E-state index in [-0.39, 0.29) is 46.9 Å². The van der Waals surface area contributed by atoms with Crippen LogP contribution in [0.3, 0.4) is 0 Å². The zero-order valence-electron chi connectivity index (χ0n) is 19.9. The van der Waals surface area contributed by atoms with E-state index in [4.69, 9.17) is 0 Å². The van der Waals surface area contributed by atoms with E-state index in [0.717, 1.165) is 57.2 Å². The molecule has 0 spiro atoms. The number of nitrogens with zero attached hydrogens (tertiary/aromatic N) is 1. The summed E-state index contributed by atoms with van der Waals surface area (Å²) in [5.41, 5.74) is 1.09. The highest BCUT2D eigenvalue weighted by molar-refractivity contribution is 5.79. The van der Waals surface area contributed by atoms with E-state index < -0.39 is 6.10 Å². The molecule has 2 saturated carbocycles. The summed E-state index contributed by atoms with van der Waals surface area (Å²) in [6.07, 6.45) is 5.99. The standard InChI is InChI=1S/C27H40N2O3/c1-18(26(32)29-15-7-8-16-29)21-11-13-27(3)14-12-22(19(2)24(27)25(21)31)28-23(30)17-20-9-5-4-6-10-20/h4-6,9-10,18-19,21-22,24-25,31H,7-8,11-17H2,1-3H3,(H,28,30)/t18-,19+,21+,22-,24+,25-,27-/m0/s1. The van der Waals surface area contributed by atoms with Crippen LogP contribution in [0, 0.1) is 29.1 Å². The van der Waals surface area contributed by atoms with Gasteiger partial charge in [-0.1, -0.05) is 51.1 Å². The number of hydrogen-bond acceptors (Lipinski definition) is 3. The van der Waals surface area contributed by atoms with Crippen molar-refractivity contribution in [2.45, 2.75) is 77.9 Å². The monoisotopic (exact) mass is 440 g/mol. The van der Waals surface area contributed by atoms with Gasteiger partial charge in [-0.25, -0.2) is 0 Å². The predicted octanol–water partition coefficient (Wildman–Crippen LogP) is 3.80. The van der Waals surface area contributed by atoms with Crippen molar-refractivity contribution in [3.05, 3.63) is 35.9 Å². The normalized spacial score (nSPS) is 35.8. The molecule has 0 bridgehead atoms. The van der Waals surface area contributed by atoms with Crippen LogP contribution in [0.5, 0.6) is 0 Å². The molecule has 7 atom stereocenters. The number of nitrogens with one attached hydrogen (secondary N) is 1. The first-order valence-corrected chi connectivity index (χ1v) is 12.6. The summed E-state index contributed by atoms with van der Waals surface area (Å²) in [6, 6.07) is 9.91. The van der Waals surface area contributed by atoms with Gasteiger partial charge in [0, 0.05) is 25.0 Å². The smallest absolute Gasteiger partial charge is 0.225 e. The van der Waals surface area contributed by atoms with Gasteiger partial charge in [-0.2, -0.15) is 0 Å². The highest BCUT2D eigenvalue weighted by atomic mass is 16.3. The number of amides is 2. The number of carbonyl (C=O) groups is 2. The molecule has 176 valence electrons. The summed E-state index contributed by atoms with van der Waals surface area (Å²) in [7, 11) is 0. The quantitative estimate of drug-likeness (QED) is 0.732. The van der Waals surface area contributed by atoms with Gasteiger partial charge in [0.15, 0.2) is 0 Å². The number of likely N-dealkylation sites (tertiary alicyclic amines) is 1. The molecule has 0 unspecified atom stereocenters. The molecule has 1 aromatic carbocycles. The molecule has 32 heavy (non-hydrogen) atoms. The van der Waals surface area contributed by atoms with Crippen LogP contribution in [0.4, 0.5) is 0 Å². The Morgan fingerprint density at radius 1 is 1.16 bits per heavy atom. The predicted molar refractivity (Wildman–Crippen MR) is 126 cm³/mol. The molecule has 4 rings (SSSR count). The maximum atomic E-state index is 13.1. The lowest BCUT2D eigenvalue weighted by molar-refractivity contribution is -0.150. The zero-order valence-corrected chi connectivity index (χ0v) is 19.9. The van der Waals surface area contributed by atoms with Crippen molar-refractivity contribution in [2.24, 2.45) is 29.1 Å². The van der Waals surface area contributed by atoms with Gasteiger partial charge in [0.1, 0.15) is 0 Å². The highest BCUT2D eigenvalue weighted by Gasteiger charge is 2.54. The molecule has 0 radical (unpaired) electrons. The van der Waals surface area contributed by atoms with Crippen LogP contribution in [-0.4, -0.2) is 47.1 Å². The largest absolute Gasteiger partial charge is 0.392 e. The van der Waals surface area contributed by atoms with Crippen molar-refractivity contribution in [3.63, 3.8) is 0 Å². The number of fused-ring (bicyclic) bond motifs is 1. The third kappa shape index (κ3) is 4.59. The average molecular weight is 441 g/mol. The van der Waals surface area contributed by atoms with Gasteiger partial charge >= 0.3 is 0 Å². The van der Waals surface area contributed by atoms with Crippen LogP contribution in [0.15, 0.2) is 30.3 Å². The van der Waals surface area contributed by atoms with Gasteiger partial charge in [-0.05, 0) is 67.3 Å². The number of rotatable bonds is 5. The van der Waals surface area contributed by atoms with Crippen molar-refractivity contribution < 1.29 is 14.7 Å². The molecule has 5 nitrogen and oxygen atoms in total. The molecule has 2 aliphatic carbocycles. The third-order valence-electron chi connectivity index (χ3n) is 8.89. The molecule has 3 fully saturated rings. The van der Waals surface area contributed by atoms with Crippen molar-refractivity contribution in [1.82, 2.24) is 10.2 Å². The minimum atomic E-state index is -0.501. The molecule has 1 heterocycles. The van der Waals surface area contributed by atoms with E-state index in [1.54, 1.807) is 0 Å². The number of aliphatic hydroxyl groups is 1. The SMILES string of the molecule is C[C@H]1[C@@H]2[C@@H](O)[C@@H]([C@H](C)C(=O)N3CCCC3)CC[C@@]2(C)CC[C@@H]1NC(=O)Cc1ccccc1. The lowest BCUT2D eigenvalue weighted by atomic mass is 9.51. The van der Waals surface area contributed by atoms with Gasteiger partial charge in [0.2, 0.25) is 11.8 Å². The second kappa shape index (κ2) is 9.54. The van der Waals surface area contributed by atoms with Crippen LogP contribution >= 0.6 is 0 Å². The van der Waals surface area contributed by atoms with Crippen LogP contribution in [0.25, 0.3) is 0 Å². The number of hydrogen-bond donors (Lipinski definition) is 2. The molecule has 2 amide bonds. The lowest BCUT2D eigenvalue weighted by Gasteiger charge is -2.56. The van der Waals surface area contributed by atoms with E-state index in [0.29, 0.717) is 6.42 Å². The van der Waals surface area contributed by atoms with Gasteiger partial charge in [-0.15, -0.1) is 0 Å². The minimum Gasteiger partial charge on any atom is -0.392 e. The first-order valence-electron chi connectivity index (χ1n) is 12.6. The highest BCUT2D eigenvalue weighted by Crippen LogP contribution is 2.55. The molecule has 1 saturated heterocycles. The Kier molecular flexibility index (Phi) is 6.94. The van der Waals surface area contributed by atoms with E-state index in [1.807, 2.05) is 42.2 Å². The topological polar surface area (TPSA) is 69.6 Å². The van der Waals surface area contributed by atoms with E-state index >= 15 is 0 Å². The fraction of sp³-hybridized carbons (Fsp3) is 0.704. The fourth-order valence-electron chi connectivity index (χ4n) is 6.95. The lowest BCUT2D eigenvalue weighted by Crippen LogP contribution is -2.58.